The molecule has 0 aromatic heterocycles. The number of nitrogen functional groups attached to an aromatic ring is 1. The molecule has 0 radical (unpaired) electrons. The third-order valence-electron chi connectivity index (χ3n) is 3.49. The van der Waals surface area contributed by atoms with E-state index in [0.29, 0.717) is 0 Å². The molecule has 2 rings (SSSR count). The van der Waals surface area contributed by atoms with Gasteiger partial charge in [-0.05, 0) is 48.8 Å². The Morgan fingerprint density at radius 3 is 2.58 bits per heavy atom. The molecule has 104 valence electrons. The molecule has 0 unspecified atom stereocenters. The highest BCUT2D eigenvalue weighted by Gasteiger charge is 2.14. The first kappa shape index (κ1) is 14.3. The Balaban J connectivity index is 1.61. The zero-order valence-electron chi connectivity index (χ0n) is 11.2. The lowest BCUT2D eigenvalue weighted by Gasteiger charge is -2.09. The fourth-order valence-electron chi connectivity index (χ4n) is 2.38. The molecule has 0 atom stereocenters. The molecular weight excluding hydrogens is 256 g/mol. The van der Waals surface area contributed by atoms with Crippen LogP contribution in [0.25, 0.3) is 0 Å². The van der Waals surface area contributed by atoms with Crippen molar-refractivity contribution >= 4 is 17.6 Å². The van der Waals surface area contributed by atoms with E-state index in [1.807, 2.05) is 36.0 Å². The Kier molecular flexibility index (Phi) is 5.58. The van der Waals surface area contributed by atoms with Crippen molar-refractivity contribution in [1.82, 2.24) is 0 Å². The zero-order chi connectivity index (χ0) is 13.5. The molecule has 0 spiro atoms. The van der Waals surface area contributed by atoms with Crippen molar-refractivity contribution < 1.29 is 4.74 Å². The molecule has 1 aliphatic carbocycles. The maximum atomic E-state index is 7.31. The van der Waals surface area contributed by atoms with E-state index in [2.05, 4.69) is 0 Å². The van der Waals surface area contributed by atoms with Crippen molar-refractivity contribution in [2.45, 2.75) is 25.7 Å². The van der Waals surface area contributed by atoms with Gasteiger partial charge in [0.1, 0.15) is 11.6 Å². The average molecular weight is 278 g/mol. The number of nitrogens with one attached hydrogen (secondary N) is 1. The first-order valence-corrected chi connectivity index (χ1v) is 8.06. The number of hydrogen-bond acceptors (Lipinski definition) is 3. The Morgan fingerprint density at radius 2 is 1.95 bits per heavy atom. The van der Waals surface area contributed by atoms with Gasteiger partial charge >= 0.3 is 0 Å². The van der Waals surface area contributed by atoms with Crippen molar-refractivity contribution in [3.05, 3.63) is 29.8 Å². The molecule has 0 amide bonds. The van der Waals surface area contributed by atoms with Crippen LogP contribution in [0.2, 0.25) is 0 Å². The third-order valence-corrected chi connectivity index (χ3v) is 4.65. The van der Waals surface area contributed by atoms with Crippen LogP contribution in [0, 0.1) is 11.3 Å². The molecule has 1 saturated carbocycles. The van der Waals surface area contributed by atoms with Gasteiger partial charge in [0.25, 0.3) is 0 Å². The van der Waals surface area contributed by atoms with Gasteiger partial charge in [-0.3, -0.25) is 5.41 Å². The summed E-state index contributed by atoms with van der Waals surface area (Å²) in [7, 11) is 0. The standard InChI is InChI=1S/C15H22N2OS/c16-15(17)13-5-7-14(8-6-13)18-9-10-19-11-12-3-1-2-4-12/h5-8,12H,1-4,9-11H2,(H3,16,17). The van der Waals surface area contributed by atoms with Crippen molar-refractivity contribution in [1.29, 1.82) is 5.41 Å². The number of amidine groups is 1. The number of thioether (sulfide) groups is 1. The number of benzene rings is 1. The number of rotatable bonds is 7. The molecule has 0 bridgehead atoms. The molecule has 1 aromatic carbocycles. The van der Waals surface area contributed by atoms with Gasteiger partial charge in [0.15, 0.2) is 0 Å². The van der Waals surface area contributed by atoms with Crippen LogP contribution in [0.4, 0.5) is 0 Å². The molecule has 0 saturated heterocycles. The van der Waals surface area contributed by atoms with E-state index < -0.39 is 0 Å². The van der Waals surface area contributed by atoms with Crippen LogP contribution in [-0.4, -0.2) is 23.9 Å². The van der Waals surface area contributed by atoms with E-state index in [1.54, 1.807) is 0 Å². The van der Waals surface area contributed by atoms with Gasteiger partial charge in [-0.25, -0.2) is 0 Å². The van der Waals surface area contributed by atoms with E-state index >= 15 is 0 Å². The summed E-state index contributed by atoms with van der Waals surface area (Å²) in [6.07, 6.45) is 5.68. The van der Waals surface area contributed by atoms with Crippen molar-refractivity contribution in [2.24, 2.45) is 11.7 Å². The van der Waals surface area contributed by atoms with Gasteiger partial charge in [0.2, 0.25) is 0 Å². The lowest BCUT2D eigenvalue weighted by molar-refractivity contribution is 0.344. The van der Waals surface area contributed by atoms with Crippen LogP contribution in [0.3, 0.4) is 0 Å². The molecule has 4 heteroatoms. The minimum atomic E-state index is 0.0960. The smallest absolute Gasteiger partial charge is 0.122 e. The first-order chi connectivity index (χ1) is 9.25. The van der Waals surface area contributed by atoms with Gasteiger partial charge in [-0.2, -0.15) is 11.8 Å². The number of nitrogens with two attached hydrogens (primary N) is 1. The number of ether oxygens (including phenoxy) is 1. The third kappa shape index (κ3) is 4.78. The highest BCUT2D eigenvalue weighted by atomic mass is 32.2. The fourth-order valence-corrected chi connectivity index (χ4v) is 3.41. The minimum absolute atomic E-state index is 0.0960. The summed E-state index contributed by atoms with van der Waals surface area (Å²) in [4.78, 5) is 0. The number of hydrogen-bond donors (Lipinski definition) is 2. The van der Waals surface area contributed by atoms with Crippen molar-refractivity contribution in [3.63, 3.8) is 0 Å². The Hall–Kier alpha value is -1.16. The summed E-state index contributed by atoms with van der Waals surface area (Å²) in [6.45, 7) is 0.747. The molecule has 0 heterocycles. The van der Waals surface area contributed by atoms with Gasteiger partial charge in [-0.15, -0.1) is 0 Å². The predicted molar refractivity (Wildman–Crippen MR) is 82.2 cm³/mol. The summed E-state index contributed by atoms with van der Waals surface area (Å²) in [5, 5.41) is 7.31. The Bertz CT molecular complexity index is 399. The SMILES string of the molecule is N=C(N)c1ccc(OCCSCC2CCCC2)cc1. The van der Waals surface area contributed by atoms with Crippen molar-refractivity contribution in [3.8, 4) is 5.75 Å². The zero-order valence-corrected chi connectivity index (χ0v) is 12.0. The molecule has 3 N–H and O–H groups in total. The topological polar surface area (TPSA) is 59.1 Å². The largest absolute Gasteiger partial charge is 0.493 e. The molecule has 1 aliphatic rings. The van der Waals surface area contributed by atoms with Crippen LogP contribution in [-0.2, 0) is 0 Å². The fraction of sp³-hybridized carbons (Fsp3) is 0.533. The predicted octanol–water partition coefficient (Wildman–Crippen LogP) is 3.27. The molecule has 3 nitrogen and oxygen atoms in total. The van der Waals surface area contributed by atoms with E-state index in [-0.39, 0.29) is 5.84 Å². The maximum Gasteiger partial charge on any atom is 0.122 e. The quantitative estimate of drug-likeness (QED) is 0.457. The molecule has 1 aromatic rings. The highest BCUT2D eigenvalue weighted by molar-refractivity contribution is 7.99. The van der Waals surface area contributed by atoms with Crippen molar-refractivity contribution in [2.75, 3.05) is 18.1 Å². The minimum Gasteiger partial charge on any atom is -0.493 e. The van der Waals surface area contributed by atoms with Gasteiger partial charge in [0, 0.05) is 11.3 Å². The van der Waals surface area contributed by atoms with Crippen LogP contribution in [0.5, 0.6) is 5.75 Å². The highest BCUT2D eigenvalue weighted by Crippen LogP contribution is 2.27. The van der Waals surface area contributed by atoms with Crippen LogP contribution < -0.4 is 10.5 Å². The van der Waals surface area contributed by atoms with Gasteiger partial charge in [0.05, 0.1) is 6.61 Å². The van der Waals surface area contributed by atoms with E-state index in [0.717, 1.165) is 29.6 Å². The molecule has 0 aliphatic heterocycles. The summed E-state index contributed by atoms with van der Waals surface area (Å²) >= 11 is 2.00. The molecule has 1 fully saturated rings. The Labute approximate surface area is 119 Å². The van der Waals surface area contributed by atoms with E-state index in [1.165, 1.54) is 31.4 Å². The second-order valence-electron chi connectivity index (χ2n) is 5.01. The Morgan fingerprint density at radius 1 is 1.26 bits per heavy atom. The van der Waals surface area contributed by atoms with Crippen LogP contribution >= 0.6 is 11.8 Å². The van der Waals surface area contributed by atoms with Gasteiger partial charge < -0.3 is 10.5 Å². The molecule has 19 heavy (non-hydrogen) atoms. The lowest BCUT2D eigenvalue weighted by atomic mass is 10.1. The first-order valence-electron chi connectivity index (χ1n) is 6.90. The van der Waals surface area contributed by atoms with E-state index in [9.17, 15) is 0 Å². The lowest BCUT2D eigenvalue weighted by Crippen LogP contribution is -2.10. The summed E-state index contributed by atoms with van der Waals surface area (Å²) < 4.78 is 5.67. The van der Waals surface area contributed by atoms with Gasteiger partial charge in [-0.1, -0.05) is 12.8 Å². The monoisotopic (exact) mass is 278 g/mol. The van der Waals surface area contributed by atoms with Crippen LogP contribution in [0.15, 0.2) is 24.3 Å². The van der Waals surface area contributed by atoms with E-state index in [4.69, 9.17) is 15.9 Å². The summed E-state index contributed by atoms with van der Waals surface area (Å²) in [5.41, 5.74) is 6.14. The molecular formula is C15H22N2OS. The average Bonchev–Trinajstić information content (AvgIpc) is 2.92. The second-order valence-corrected chi connectivity index (χ2v) is 6.16. The summed E-state index contributed by atoms with van der Waals surface area (Å²) in [6, 6.07) is 7.39. The summed E-state index contributed by atoms with van der Waals surface area (Å²) in [5.74, 6) is 4.22. The maximum absolute atomic E-state index is 7.31. The second kappa shape index (κ2) is 7.43. The normalized spacial score (nSPS) is 15.6. The van der Waals surface area contributed by atoms with Crippen LogP contribution in [0.1, 0.15) is 31.2 Å².